The lowest BCUT2D eigenvalue weighted by Gasteiger charge is -2.26. The van der Waals surface area contributed by atoms with E-state index in [1.807, 2.05) is 0 Å². The maximum Gasteiger partial charge on any atom is 0.403 e. The summed E-state index contributed by atoms with van der Waals surface area (Å²) in [5, 5.41) is 11.3. The van der Waals surface area contributed by atoms with E-state index in [1.54, 1.807) is 0 Å². The Morgan fingerprint density at radius 3 is 1.83 bits per heavy atom. The molecule has 0 saturated carbocycles. The molecule has 0 aromatic heterocycles. The van der Waals surface area contributed by atoms with Gasteiger partial charge in [0, 0.05) is 0 Å². The fourth-order valence-electron chi connectivity index (χ4n) is 0.881. The Morgan fingerprint density at radius 1 is 1.33 bits per heavy atom. The maximum absolute atomic E-state index is 12.1. The molecule has 2 N–H and O–H groups in total. The lowest BCUT2D eigenvalue weighted by atomic mass is 9.99. The van der Waals surface area contributed by atoms with Crippen molar-refractivity contribution in [2.45, 2.75) is 38.1 Å². The lowest BCUT2D eigenvalue weighted by Crippen LogP contribution is -2.44. The molecule has 0 amide bonds. The predicted octanol–water partition coefficient (Wildman–Crippen LogP) is 1.30. The number of hydrogen-bond donors (Lipinski definition) is 2. The standard InChI is InChI=1S/C7H14F3NO/c1-6(2,12)4-5(11-3)7(8,9)10/h5,11-12H,4H2,1-3H3. The van der Waals surface area contributed by atoms with Crippen LogP contribution in [-0.4, -0.2) is 30.0 Å². The molecule has 0 aromatic rings. The van der Waals surface area contributed by atoms with Gasteiger partial charge in [0.15, 0.2) is 0 Å². The summed E-state index contributed by atoms with van der Waals surface area (Å²) in [7, 11) is 1.23. The second-order valence-electron chi connectivity index (χ2n) is 3.40. The van der Waals surface area contributed by atoms with Gasteiger partial charge < -0.3 is 10.4 Å². The molecule has 0 aliphatic heterocycles. The molecule has 12 heavy (non-hydrogen) atoms. The summed E-state index contributed by atoms with van der Waals surface area (Å²) in [6.07, 6.45) is -4.64. The Labute approximate surface area is 69.8 Å². The zero-order chi connectivity index (χ0) is 9.99. The van der Waals surface area contributed by atoms with Gasteiger partial charge in [-0.3, -0.25) is 0 Å². The molecule has 0 fully saturated rings. The Hall–Kier alpha value is -0.290. The summed E-state index contributed by atoms with van der Waals surface area (Å²) in [5.41, 5.74) is -1.30. The molecule has 0 saturated heterocycles. The number of alkyl halides is 3. The van der Waals surface area contributed by atoms with E-state index in [9.17, 15) is 13.2 Å². The summed E-state index contributed by atoms with van der Waals surface area (Å²) in [6, 6.07) is -1.64. The quantitative estimate of drug-likeness (QED) is 0.694. The smallest absolute Gasteiger partial charge is 0.390 e. The van der Waals surface area contributed by atoms with E-state index in [0.29, 0.717) is 0 Å². The Kier molecular flexibility index (Phi) is 3.53. The van der Waals surface area contributed by atoms with Crippen molar-refractivity contribution in [2.24, 2.45) is 0 Å². The third-order valence-corrected chi connectivity index (χ3v) is 1.45. The van der Waals surface area contributed by atoms with Crippen molar-refractivity contribution in [3.63, 3.8) is 0 Å². The molecule has 0 heterocycles. The van der Waals surface area contributed by atoms with E-state index in [0.717, 1.165) is 0 Å². The van der Waals surface area contributed by atoms with Gasteiger partial charge >= 0.3 is 6.18 Å². The summed E-state index contributed by atoms with van der Waals surface area (Å²) in [4.78, 5) is 0. The minimum Gasteiger partial charge on any atom is -0.390 e. The highest BCUT2D eigenvalue weighted by Crippen LogP contribution is 2.25. The van der Waals surface area contributed by atoms with Crippen LogP contribution in [0.25, 0.3) is 0 Å². The average Bonchev–Trinajstić information content (AvgIpc) is 1.78. The van der Waals surface area contributed by atoms with Gasteiger partial charge in [0.05, 0.1) is 5.60 Å². The van der Waals surface area contributed by atoms with Crippen LogP contribution in [-0.2, 0) is 0 Å². The van der Waals surface area contributed by atoms with E-state index in [2.05, 4.69) is 5.32 Å². The molecule has 0 rings (SSSR count). The second kappa shape index (κ2) is 3.62. The minimum atomic E-state index is -4.30. The van der Waals surface area contributed by atoms with E-state index >= 15 is 0 Å². The van der Waals surface area contributed by atoms with E-state index < -0.39 is 17.8 Å². The average molecular weight is 185 g/mol. The fraction of sp³-hybridized carbons (Fsp3) is 1.00. The van der Waals surface area contributed by atoms with E-state index in [4.69, 9.17) is 5.11 Å². The van der Waals surface area contributed by atoms with Gasteiger partial charge in [0.2, 0.25) is 0 Å². The summed E-state index contributed by atoms with van der Waals surface area (Å²) >= 11 is 0. The molecule has 0 spiro atoms. The molecule has 0 bridgehead atoms. The fourth-order valence-corrected chi connectivity index (χ4v) is 0.881. The molecular weight excluding hydrogens is 171 g/mol. The van der Waals surface area contributed by atoms with Crippen LogP contribution >= 0.6 is 0 Å². The molecular formula is C7H14F3NO. The largest absolute Gasteiger partial charge is 0.403 e. The van der Waals surface area contributed by atoms with Crippen molar-refractivity contribution in [1.29, 1.82) is 0 Å². The first kappa shape index (κ1) is 11.7. The highest BCUT2D eigenvalue weighted by atomic mass is 19.4. The van der Waals surface area contributed by atoms with Gasteiger partial charge in [-0.05, 0) is 27.3 Å². The second-order valence-corrected chi connectivity index (χ2v) is 3.40. The van der Waals surface area contributed by atoms with Crippen molar-refractivity contribution in [1.82, 2.24) is 5.32 Å². The third kappa shape index (κ3) is 4.56. The number of nitrogens with one attached hydrogen (secondary N) is 1. The van der Waals surface area contributed by atoms with Gasteiger partial charge in [0.1, 0.15) is 6.04 Å². The number of hydrogen-bond acceptors (Lipinski definition) is 2. The molecule has 74 valence electrons. The van der Waals surface area contributed by atoms with Gasteiger partial charge in [-0.25, -0.2) is 0 Å². The Bertz CT molecular complexity index is 139. The van der Waals surface area contributed by atoms with E-state index in [1.165, 1.54) is 20.9 Å². The molecule has 1 unspecified atom stereocenters. The van der Waals surface area contributed by atoms with Crippen LogP contribution in [0.1, 0.15) is 20.3 Å². The molecule has 0 aromatic carbocycles. The molecule has 0 aliphatic rings. The number of halogens is 3. The number of rotatable bonds is 3. The van der Waals surface area contributed by atoms with Gasteiger partial charge in [-0.15, -0.1) is 0 Å². The summed E-state index contributed by atoms with van der Waals surface area (Å²) in [5.74, 6) is 0. The highest BCUT2D eigenvalue weighted by molar-refractivity contribution is 4.81. The van der Waals surface area contributed by atoms with Crippen LogP contribution in [0.4, 0.5) is 13.2 Å². The Morgan fingerprint density at radius 2 is 1.75 bits per heavy atom. The van der Waals surface area contributed by atoms with Crippen molar-refractivity contribution in [2.75, 3.05) is 7.05 Å². The van der Waals surface area contributed by atoms with Crippen molar-refractivity contribution < 1.29 is 18.3 Å². The first-order valence-electron chi connectivity index (χ1n) is 3.63. The summed E-state index contributed by atoms with van der Waals surface area (Å²) < 4.78 is 36.2. The minimum absolute atomic E-state index is 0.340. The van der Waals surface area contributed by atoms with Crippen molar-refractivity contribution in [3.05, 3.63) is 0 Å². The van der Waals surface area contributed by atoms with Crippen molar-refractivity contribution in [3.8, 4) is 0 Å². The first-order valence-corrected chi connectivity index (χ1v) is 3.63. The molecule has 0 aliphatic carbocycles. The Balaban J connectivity index is 4.20. The van der Waals surface area contributed by atoms with Crippen LogP contribution in [0, 0.1) is 0 Å². The van der Waals surface area contributed by atoms with E-state index in [-0.39, 0.29) is 6.42 Å². The SMILES string of the molecule is CNC(CC(C)(C)O)C(F)(F)F. The van der Waals surface area contributed by atoms with Crippen LogP contribution in [0.3, 0.4) is 0 Å². The first-order chi connectivity index (χ1) is 5.17. The van der Waals surface area contributed by atoms with Crippen LogP contribution in [0.2, 0.25) is 0 Å². The monoisotopic (exact) mass is 185 g/mol. The van der Waals surface area contributed by atoms with Crippen LogP contribution in [0.15, 0.2) is 0 Å². The van der Waals surface area contributed by atoms with Crippen LogP contribution < -0.4 is 5.32 Å². The zero-order valence-electron chi connectivity index (χ0n) is 7.37. The van der Waals surface area contributed by atoms with Gasteiger partial charge in [-0.1, -0.05) is 0 Å². The highest BCUT2D eigenvalue weighted by Gasteiger charge is 2.41. The van der Waals surface area contributed by atoms with Crippen LogP contribution in [0.5, 0.6) is 0 Å². The zero-order valence-corrected chi connectivity index (χ0v) is 7.37. The lowest BCUT2D eigenvalue weighted by molar-refractivity contribution is -0.165. The van der Waals surface area contributed by atoms with Crippen molar-refractivity contribution >= 4 is 0 Å². The predicted molar refractivity (Wildman–Crippen MR) is 39.8 cm³/mol. The normalized spacial score (nSPS) is 16.2. The topological polar surface area (TPSA) is 32.3 Å². The molecule has 0 radical (unpaired) electrons. The molecule has 1 atom stereocenters. The van der Waals surface area contributed by atoms with Gasteiger partial charge in [-0.2, -0.15) is 13.2 Å². The molecule has 2 nitrogen and oxygen atoms in total. The maximum atomic E-state index is 12.1. The number of aliphatic hydroxyl groups is 1. The van der Waals surface area contributed by atoms with Gasteiger partial charge in [0.25, 0.3) is 0 Å². The third-order valence-electron chi connectivity index (χ3n) is 1.45. The molecule has 5 heteroatoms. The summed E-state index contributed by atoms with van der Waals surface area (Å²) in [6.45, 7) is 2.70.